The molecule has 1 heterocycles. The van der Waals surface area contributed by atoms with E-state index in [1.54, 1.807) is 0 Å². The molecule has 3 rings (SSSR count). The lowest BCUT2D eigenvalue weighted by molar-refractivity contribution is -0.122. The first-order valence-corrected chi connectivity index (χ1v) is 11.2. The molecule has 0 aromatic heterocycles. The van der Waals surface area contributed by atoms with Crippen molar-refractivity contribution in [1.82, 2.24) is 15.5 Å². The Morgan fingerprint density at radius 2 is 1.87 bits per heavy atom. The van der Waals surface area contributed by atoms with Gasteiger partial charge in [-0.25, -0.2) is 4.79 Å². The van der Waals surface area contributed by atoms with Gasteiger partial charge in [-0.15, -0.1) is 0 Å². The molecule has 6 nitrogen and oxygen atoms in total. The van der Waals surface area contributed by atoms with Crippen LogP contribution in [-0.4, -0.2) is 54.7 Å². The van der Waals surface area contributed by atoms with Crippen LogP contribution < -0.4 is 10.6 Å². The molecule has 2 amide bonds. The number of hydrogen-bond donors (Lipinski definition) is 2. The lowest BCUT2D eigenvalue weighted by atomic mass is 9.64. The van der Waals surface area contributed by atoms with Crippen LogP contribution in [0.25, 0.3) is 0 Å². The van der Waals surface area contributed by atoms with Crippen LogP contribution in [0.2, 0.25) is 0 Å². The predicted octanol–water partition coefficient (Wildman–Crippen LogP) is 3.46. The van der Waals surface area contributed by atoms with Gasteiger partial charge in [0, 0.05) is 31.1 Å². The molecular formula is C24H37N3O3. The maximum absolute atomic E-state index is 12.6. The SMILES string of the molecule is C[C@@H]1C[C@H](CNC(=O)OC(C)(C)C)CN1CC(=O)NCC1(c2ccccc2)CCC1. The minimum Gasteiger partial charge on any atom is -0.444 e. The number of nitrogens with zero attached hydrogens (tertiary/aromatic N) is 1. The fraction of sp³-hybridized carbons (Fsp3) is 0.667. The Morgan fingerprint density at radius 3 is 2.47 bits per heavy atom. The van der Waals surface area contributed by atoms with E-state index in [0.29, 0.717) is 31.6 Å². The maximum atomic E-state index is 12.6. The molecule has 166 valence electrons. The van der Waals surface area contributed by atoms with Crippen molar-refractivity contribution in [1.29, 1.82) is 0 Å². The van der Waals surface area contributed by atoms with Gasteiger partial charge in [0.05, 0.1) is 6.54 Å². The third kappa shape index (κ3) is 5.97. The average Bonchev–Trinajstić information content (AvgIpc) is 2.98. The van der Waals surface area contributed by atoms with E-state index in [9.17, 15) is 9.59 Å². The molecule has 0 unspecified atom stereocenters. The number of amides is 2. The molecule has 6 heteroatoms. The molecule has 1 saturated heterocycles. The summed E-state index contributed by atoms with van der Waals surface area (Å²) in [7, 11) is 0. The zero-order valence-corrected chi connectivity index (χ0v) is 18.9. The normalized spacial score (nSPS) is 23.5. The average molecular weight is 416 g/mol. The highest BCUT2D eigenvalue weighted by Gasteiger charge is 2.39. The second-order valence-corrected chi connectivity index (χ2v) is 10.0. The molecule has 30 heavy (non-hydrogen) atoms. The lowest BCUT2D eigenvalue weighted by Crippen LogP contribution is -2.48. The van der Waals surface area contributed by atoms with Crippen LogP contribution in [0.1, 0.15) is 58.9 Å². The van der Waals surface area contributed by atoms with Crippen molar-refractivity contribution < 1.29 is 14.3 Å². The number of nitrogens with one attached hydrogen (secondary N) is 2. The summed E-state index contributed by atoms with van der Waals surface area (Å²) in [6.45, 7) is 10.2. The number of alkyl carbamates (subject to hydrolysis) is 1. The van der Waals surface area contributed by atoms with E-state index in [-0.39, 0.29) is 17.4 Å². The first-order valence-electron chi connectivity index (χ1n) is 11.2. The van der Waals surface area contributed by atoms with Gasteiger partial charge in [0.1, 0.15) is 5.60 Å². The van der Waals surface area contributed by atoms with E-state index in [1.165, 1.54) is 12.0 Å². The van der Waals surface area contributed by atoms with Gasteiger partial charge in [-0.1, -0.05) is 36.8 Å². The van der Waals surface area contributed by atoms with E-state index in [1.807, 2.05) is 26.8 Å². The zero-order valence-electron chi connectivity index (χ0n) is 18.9. The molecule has 1 aliphatic heterocycles. The Morgan fingerprint density at radius 1 is 1.17 bits per heavy atom. The standard InChI is InChI=1S/C24H37N3O3/c1-18-13-19(14-25-22(29)30-23(2,3)4)15-27(18)16-21(28)26-17-24(11-8-12-24)20-9-6-5-7-10-20/h5-7,9-10,18-19H,8,11-17H2,1-4H3,(H,25,29)(H,26,28)/t18-,19-/m1/s1. The van der Waals surface area contributed by atoms with Crippen molar-refractivity contribution >= 4 is 12.0 Å². The van der Waals surface area contributed by atoms with E-state index in [4.69, 9.17) is 4.74 Å². The summed E-state index contributed by atoms with van der Waals surface area (Å²) in [4.78, 5) is 26.7. The third-order valence-corrected chi connectivity index (χ3v) is 6.39. The molecule has 1 saturated carbocycles. The molecule has 2 atom stereocenters. The van der Waals surface area contributed by atoms with Gasteiger partial charge < -0.3 is 15.4 Å². The Kier molecular flexibility index (Phi) is 7.06. The van der Waals surface area contributed by atoms with E-state index < -0.39 is 5.60 Å². The van der Waals surface area contributed by atoms with Gasteiger partial charge in [-0.2, -0.15) is 0 Å². The van der Waals surface area contributed by atoms with Crippen molar-refractivity contribution in [2.24, 2.45) is 5.92 Å². The number of rotatable bonds is 7. The Hall–Kier alpha value is -2.08. The molecule has 2 fully saturated rings. The largest absolute Gasteiger partial charge is 0.444 e. The van der Waals surface area contributed by atoms with Crippen LogP contribution in [0.15, 0.2) is 30.3 Å². The van der Waals surface area contributed by atoms with Gasteiger partial charge in [-0.05, 0) is 58.4 Å². The van der Waals surface area contributed by atoms with Crippen LogP contribution in [0.3, 0.4) is 0 Å². The summed E-state index contributed by atoms with van der Waals surface area (Å²) in [6.07, 6.45) is 4.08. The van der Waals surface area contributed by atoms with Crippen LogP contribution in [0, 0.1) is 5.92 Å². The van der Waals surface area contributed by atoms with Crippen LogP contribution in [0.5, 0.6) is 0 Å². The first kappa shape index (κ1) is 22.6. The van der Waals surface area contributed by atoms with Gasteiger partial charge in [0.15, 0.2) is 0 Å². The molecule has 0 bridgehead atoms. The highest BCUT2D eigenvalue weighted by molar-refractivity contribution is 5.78. The molecule has 1 aromatic rings. The van der Waals surface area contributed by atoms with Gasteiger partial charge >= 0.3 is 6.09 Å². The number of carbonyl (C=O) groups excluding carboxylic acids is 2. The highest BCUT2D eigenvalue weighted by atomic mass is 16.6. The molecule has 0 radical (unpaired) electrons. The van der Waals surface area contributed by atoms with E-state index in [2.05, 4.69) is 46.7 Å². The monoisotopic (exact) mass is 415 g/mol. The second-order valence-electron chi connectivity index (χ2n) is 10.0. The molecule has 0 spiro atoms. The van der Waals surface area contributed by atoms with E-state index in [0.717, 1.165) is 25.8 Å². The summed E-state index contributed by atoms with van der Waals surface area (Å²) >= 11 is 0. The minimum atomic E-state index is -0.491. The minimum absolute atomic E-state index is 0.0878. The predicted molar refractivity (Wildman–Crippen MR) is 118 cm³/mol. The Balaban J connectivity index is 1.43. The fourth-order valence-corrected chi connectivity index (χ4v) is 4.60. The van der Waals surface area contributed by atoms with Crippen molar-refractivity contribution in [2.75, 3.05) is 26.2 Å². The summed E-state index contributed by atoms with van der Waals surface area (Å²) < 4.78 is 5.30. The quantitative estimate of drug-likeness (QED) is 0.715. The fourth-order valence-electron chi connectivity index (χ4n) is 4.60. The van der Waals surface area contributed by atoms with Crippen molar-refractivity contribution in [2.45, 2.75) is 70.4 Å². The van der Waals surface area contributed by atoms with Crippen molar-refractivity contribution in [3.8, 4) is 0 Å². The number of ether oxygens (including phenoxy) is 1. The highest BCUT2D eigenvalue weighted by Crippen LogP contribution is 2.43. The molecular weight excluding hydrogens is 378 g/mol. The first-order chi connectivity index (χ1) is 14.2. The Bertz CT molecular complexity index is 725. The molecule has 2 N–H and O–H groups in total. The number of benzene rings is 1. The van der Waals surface area contributed by atoms with Crippen molar-refractivity contribution in [3.05, 3.63) is 35.9 Å². The maximum Gasteiger partial charge on any atom is 0.407 e. The number of carbonyl (C=O) groups is 2. The lowest BCUT2D eigenvalue weighted by Gasteiger charge is -2.42. The Labute approximate surface area is 180 Å². The summed E-state index contributed by atoms with van der Waals surface area (Å²) in [6, 6.07) is 10.9. The van der Waals surface area contributed by atoms with Gasteiger partial charge in [-0.3, -0.25) is 9.69 Å². The van der Waals surface area contributed by atoms with Gasteiger partial charge in [0.2, 0.25) is 5.91 Å². The zero-order chi connectivity index (χ0) is 21.8. The topological polar surface area (TPSA) is 70.7 Å². The number of likely N-dealkylation sites (tertiary alicyclic amines) is 1. The van der Waals surface area contributed by atoms with E-state index >= 15 is 0 Å². The van der Waals surface area contributed by atoms with Crippen LogP contribution in [-0.2, 0) is 14.9 Å². The number of hydrogen-bond acceptors (Lipinski definition) is 4. The molecule has 1 aromatic carbocycles. The smallest absolute Gasteiger partial charge is 0.407 e. The van der Waals surface area contributed by atoms with Crippen LogP contribution >= 0.6 is 0 Å². The second kappa shape index (κ2) is 9.38. The van der Waals surface area contributed by atoms with Gasteiger partial charge in [0.25, 0.3) is 0 Å². The summed E-state index contributed by atoms with van der Waals surface area (Å²) in [5, 5.41) is 6.06. The molecule has 1 aliphatic carbocycles. The third-order valence-electron chi connectivity index (χ3n) is 6.39. The van der Waals surface area contributed by atoms with Crippen molar-refractivity contribution in [3.63, 3.8) is 0 Å². The van der Waals surface area contributed by atoms with Crippen LogP contribution in [0.4, 0.5) is 4.79 Å². The summed E-state index contributed by atoms with van der Waals surface area (Å²) in [5.41, 5.74) is 0.946. The summed E-state index contributed by atoms with van der Waals surface area (Å²) in [5.74, 6) is 0.424. The molecule has 2 aliphatic rings.